The Kier molecular flexibility index (Phi) is 3.92. The Hall–Kier alpha value is -0.870. The van der Waals surface area contributed by atoms with Crippen molar-refractivity contribution in [3.63, 3.8) is 0 Å². The van der Waals surface area contributed by atoms with E-state index in [9.17, 15) is 4.79 Å². The highest BCUT2D eigenvalue weighted by Gasteiger charge is 2.09. The second-order valence-corrected chi connectivity index (χ2v) is 3.11. The van der Waals surface area contributed by atoms with Gasteiger partial charge in [0.25, 0.3) is 0 Å². The summed E-state index contributed by atoms with van der Waals surface area (Å²) in [6.45, 7) is 0. The summed E-state index contributed by atoms with van der Waals surface area (Å²) in [7, 11) is 0. The van der Waals surface area contributed by atoms with Crippen LogP contribution in [0.1, 0.15) is 10.4 Å². The molecule has 0 aliphatic heterocycles. The number of rotatable bonds is 3. The third-order valence-electron chi connectivity index (χ3n) is 1.42. The van der Waals surface area contributed by atoms with Crippen LogP contribution in [0.25, 0.3) is 0 Å². The minimum absolute atomic E-state index is 0.396. The van der Waals surface area contributed by atoms with Crippen LogP contribution in [0.15, 0.2) is 30.3 Å². The molecule has 0 amide bonds. The minimum atomic E-state index is -0.590. The molecule has 0 fully saturated rings. The standard InChI is InChI=1S/C9H10BrNO2/c10-6-8(11)13-9(12)7-4-2-1-3-5-7/h1-5,8H,6,11H2. The number of nitrogens with two attached hydrogens (primary N) is 1. The molecule has 0 aliphatic carbocycles. The Bertz CT molecular complexity index is 276. The number of hydrogen-bond donors (Lipinski definition) is 1. The van der Waals surface area contributed by atoms with Crippen LogP contribution in [0, 0.1) is 0 Å². The topological polar surface area (TPSA) is 52.3 Å². The lowest BCUT2D eigenvalue weighted by atomic mass is 10.2. The van der Waals surface area contributed by atoms with E-state index >= 15 is 0 Å². The van der Waals surface area contributed by atoms with E-state index in [1.807, 2.05) is 6.07 Å². The maximum Gasteiger partial charge on any atom is 0.339 e. The number of carbonyl (C=O) groups excluding carboxylic acids is 1. The number of alkyl halides is 1. The van der Waals surface area contributed by atoms with Gasteiger partial charge in [-0.3, -0.25) is 5.73 Å². The molecule has 0 saturated heterocycles. The molecule has 4 heteroatoms. The molecular formula is C9H10BrNO2. The van der Waals surface area contributed by atoms with Gasteiger partial charge >= 0.3 is 5.97 Å². The molecule has 0 radical (unpaired) electrons. The van der Waals surface area contributed by atoms with Gasteiger partial charge in [0, 0.05) is 0 Å². The second kappa shape index (κ2) is 4.99. The first-order chi connectivity index (χ1) is 6.24. The van der Waals surface area contributed by atoms with Gasteiger partial charge in [0.2, 0.25) is 0 Å². The Morgan fingerprint density at radius 2 is 2.08 bits per heavy atom. The Balaban J connectivity index is 2.59. The van der Waals surface area contributed by atoms with Crippen LogP contribution in [0.5, 0.6) is 0 Å². The third kappa shape index (κ3) is 3.16. The molecule has 0 heterocycles. The fraction of sp³-hybridized carbons (Fsp3) is 0.222. The van der Waals surface area contributed by atoms with Crippen molar-refractivity contribution in [1.29, 1.82) is 0 Å². The van der Waals surface area contributed by atoms with Gasteiger partial charge in [-0.15, -0.1) is 0 Å². The highest BCUT2D eigenvalue weighted by Crippen LogP contribution is 2.02. The first-order valence-electron chi connectivity index (χ1n) is 3.81. The van der Waals surface area contributed by atoms with Crippen LogP contribution in [-0.4, -0.2) is 17.5 Å². The van der Waals surface area contributed by atoms with E-state index in [2.05, 4.69) is 15.9 Å². The number of ether oxygens (including phenoxy) is 1. The largest absolute Gasteiger partial charge is 0.442 e. The summed E-state index contributed by atoms with van der Waals surface area (Å²) in [6.07, 6.45) is -0.590. The maximum atomic E-state index is 11.3. The average molecular weight is 244 g/mol. The summed E-state index contributed by atoms with van der Waals surface area (Å²) in [4.78, 5) is 11.3. The third-order valence-corrected chi connectivity index (χ3v) is 2.06. The van der Waals surface area contributed by atoms with Crippen molar-refractivity contribution in [2.45, 2.75) is 6.23 Å². The molecule has 2 N–H and O–H groups in total. The van der Waals surface area contributed by atoms with Crippen molar-refractivity contribution < 1.29 is 9.53 Å². The smallest absolute Gasteiger partial charge is 0.339 e. The molecule has 0 bridgehead atoms. The molecule has 1 atom stereocenters. The van der Waals surface area contributed by atoms with Crippen LogP contribution in [0.2, 0.25) is 0 Å². The van der Waals surface area contributed by atoms with Crippen molar-refractivity contribution >= 4 is 21.9 Å². The maximum absolute atomic E-state index is 11.3. The van der Waals surface area contributed by atoms with Gasteiger partial charge in [0.05, 0.1) is 10.9 Å². The lowest BCUT2D eigenvalue weighted by molar-refractivity contribution is 0.0366. The van der Waals surface area contributed by atoms with Crippen LogP contribution in [0.4, 0.5) is 0 Å². The first kappa shape index (κ1) is 10.2. The van der Waals surface area contributed by atoms with Crippen molar-refractivity contribution in [3.8, 4) is 0 Å². The van der Waals surface area contributed by atoms with Crippen LogP contribution >= 0.6 is 15.9 Å². The van der Waals surface area contributed by atoms with Gasteiger partial charge in [-0.2, -0.15) is 0 Å². The van der Waals surface area contributed by atoms with Crippen LogP contribution in [0.3, 0.4) is 0 Å². The van der Waals surface area contributed by atoms with Gasteiger partial charge in [0.1, 0.15) is 0 Å². The molecule has 0 aliphatic rings. The predicted octanol–water partition coefficient (Wildman–Crippen LogP) is 1.52. The molecule has 3 nitrogen and oxygen atoms in total. The van der Waals surface area contributed by atoms with Gasteiger partial charge in [0.15, 0.2) is 6.23 Å². The summed E-state index contributed by atoms with van der Waals surface area (Å²) < 4.78 is 4.88. The van der Waals surface area contributed by atoms with Crippen molar-refractivity contribution in [2.75, 3.05) is 5.33 Å². The molecule has 1 unspecified atom stereocenters. The van der Waals surface area contributed by atoms with Crippen LogP contribution < -0.4 is 5.73 Å². The Morgan fingerprint density at radius 3 is 2.62 bits per heavy atom. The first-order valence-corrected chi connectivity index (χ1v) is 4.93. The monoisotopic (exact) mass is 243 g/mol. The Morgan fingerprint density at radius 1 is 1.46 bits per heavy atom. The number of benzene rings is 1. The Labute approximate surface area is 85.0 Å². The zero-order valence-electron chi connectivity index (χ0n) is 6.94. The molecule has 0 spiro atoms. The quantitative estimate of drug-likeness (QED) is 0.498. The number of hydrogen-bond acceptors (Lipinski definition) is 3. The van der Waals surface area contributed by atoms with Crippen molar-refractivity contribution in [1.82, 2.24) is 0 Å². The SMILES string of the molecule is NC(CBr)OC(=O)c1ccccc1. The van der Waals surface area contributed by atoms with Crippen molar-refractivity contribution in [3.05, 3.63) is 35.9 Å². The van der Waals surface area contributed by atoms with Gasteiger partial charge in [-0.05, 0) is 12.1 Å². The fourth-order valence-electron chi connectivity index (χ4n) is 0.811. The van der Waals surface area contributed by atoms with Gasteiger partial charge in [-0.1, -0.05) is 34.1 Å². The van der Waals surface area contributed by atoms with E-state index in [4.69, 9.17) is 10.5 Å². The number of esters is 1. The van der Waals surface area contributed by atoms with E-state index in [1.54, 1.807) is 24.3 Å². The second-order valence-electron chi connectivity index (χ2n) is 2.46. The molecule has 13 heavy (non-hydrogen) atoms. The molecule has 70 valence electrons. The molecule has 0 aromatic heterocycles. The summed E-state index contributed by atoms with van der Waals surface area (Å²) in [5.41, 5.74) is 5.93. The molecule has 0 saturated carbocycles. The zero-order chi connectivity index (χ0) is 9.68. The van der Waals surface area contributed by atoms with Crippen molar-refractivity contribution in [2.24, 2.45) is 5.73 Å². The van der Waals surface area contributed by atoms with E-state index in [0.717, 1.165) is 0 Å². The normalized spacial score (nSPS) is 12.2. The predicted molar refractivity (Wildman–Crippen MR) is 53.6 cm³/mol. The number of halogens is 1. The fourth-order valence-corrected chi connectivity index (χ4v) is 0.943. The lowest BCUT2D eigenvalue weighted by Crippen LogP contribution is -2.28. The van der Waals surface area contributed by atoms with E-state index in [0.29, 0.717) is 10.9 Å². The highest BCUT2D eigenvalue weighted by molar-refractivity contribution is 9.09. The van der Waals surface area contributed by atoms with Gasteiger partial charge < -0.3 is 4.74 Å². The molecule has 1 aromatic carbocycles. The number of carbonyl (C=O) groups is 1. The minimum Gasteiger partial charge on any atom is -0.442 e. The summed E-state index contributed by atoms with van der Waals surface area (Å²) >= 11 is 3.11. The molecular weight excluding hydrogens is 234 g/mol. The summed E-state index contributed by atoms with van der Waals surface area (Å²) in [6, 6.07) is 8.75. The average Bonchev–Trinajstić information content (AvgIpc) is 2.19. The van der Waals surface area contributed by atoms with E-state index in [-0.39, 0.29) is 0 Å². The molecule has 1 aromatic rings. The zero-order valence-corrected chi connectivity index (χ0v) is 8.53. The molecule has 1 rings (SSSR count). The van der Waals surface area contributed by atoms with Gasteiger partial charge in [-0.25, -0.2) is 4.79 Å². The van der Waals surface area contributed by atoms with E-state index < -0.39 is 12.2 Å². The summed E-state index contributed by atoms with van der Waals surface area (Å²) in [5.74, 6) is -0.396. The van der Waals surface area contributed by atoms with E-state index in [1.165, 1.54) is 0 Å². The highest BCUT2D eigenvalue weighted by atomic mass is 79.9. The lowest BCUT2D eigenvalue weighted by Gasteiger charge is -2.09. The summed E-state index contributed by atoms with van der Waals surface area (Å²) in [5, 5.41) is 0.436. The van der Waals surface area contributed by atoms with Crippen LogP contribution in [-0.2, 0) is 4.74 Å².